The number of fused-ring (bicyclic) bond motifs is 2. The number of hydrogen-bond donors (Lipinski definition) is 0. The first-order valence-electron chi connectivity index (χ1n) is 9.76. The van der Waals surface area contributed by atoms with E-state index in [1.807, 2.05) is 67.8 Å². The maximum absolute atomic E-state index is 5.76. The highest BCUT2D eigenvalue weighted by Gasteiger charge is 2.20. The van der Waals surface area contributed by atoms with Crippen molar-refractivity contribution in [1.29, 1.82) is 0 Å². The van der Waals surface area contributed by atoms with E-state index in [1.165, 1.54) is 11.3 Å². The third-order valence-corrected chi connectivity index (χ3v) is 5.65. The minimum absolute atomic E-state index is 0.562. The normalized spacial score (nSPS) is 11.4. The van der Waals surface area contributed by atoms with Crippen LogP contribution >= 0.6 is 11.3 Å². The fraction of sp³-hybridized carbons (Fsp3) is 0.238. The first-order valence-corrected chi connectivity index (χ1v) is 10.6. The zero-order chi connectivity index (χ0) is 20.7. The van der Waals surface area contributed by atoms with Crippen molar-refractivity contribution in [2.75, 3.05) is 13.2 Å². The fourth-order valence-electron chi connectivity index (χ4n) is 3.45. The fourth-order valence-corrected chi connectivity index (χ4v) is 4.28. The minimum atomic E-state index is 0.562. The molecule has 0 amide bonds. The van der Waals surface area contributed by atoms with Gasteiger partial charge in [0, 0.05) is 11.8 Å². The Labute approximate surface area is 176 Å². The topological polar surface area (TPSA) is 78.8 Å². The van der Waals surface area contributed by atoms with Crippen molar-refractivity contribution in [3.05, 3.63) is 48.3 Å². The van der Waals surface area contributed by atoms with Crippen molar-refractivity contribution in [2.45, 2.75) is 20.8 Å². The van der Waals surface area contributed by atoms with Crippen molar-refractivity contribution in [2.24, 2.45) is 0 Å². The number of pyridine rings is 1. The van der Waals surface area contributed by atoms with Gasteiger partial charge in [-0.2, -0.15) is 9.61 Å². The molecule has 30 heavy (non-hydrogen) atoms. The second-order valence-electron chi connectivity index (χ2n) is 6.63. The van der Waals surface area contributed by atoms with Gasteiger partial charge in [0.2, 0.25) is 10.8 Å². The lowest BCUT2D eigenvalue weighted by atomic mass is 10.2. The molecule has 5 rings (SSSR count). The molecular formula is C21H20N6O2S. The Morgan fingerprint density at radius 2 is 1.83 bits per heavy atom. The van der Waals surface area contributed by atoms with Crippen molar-refractivity contribution in [3.63, 3.8) is 0 Å². The Balaban J connectivity index is 1.61. The van der Waals surface area contributed by atoms with Gasteiger partial charge in [0.15, 0.2) is 11.5 Å². The smallest absolute Gasteiger partial charge is 0.235 e. The van der Waals surface area contributed by atoms with E-state index >= 15 is 0 Å². The number of ether oxygens (including phenoxy) is 2. The summed E-state index contributed by atoms with van der Waals surface area (Å²) >= 11 is 1.48. The maximum Gasteiger partial charge on any atom is 0.235 e. The summed E-state index contributed by atoms with van der Waals surface area (Å²) in [6.07, 6.45) is 1.97. The van der Waals surface area contributed by atoms with Crippen molar-refractivity contribution in [1.82, 2.24) is 29.2 Å². The van der Waals surface area contributed by atoms with Gasteiger partial charge in [-0.05, 0) is 51.1 Å². The highest BCUT2D eigenvalue weighted by Crippen LogP contribution is 2.35. The molecule has 0 aliphatic carbocycles. The predicted molar refractivity (Wildman–Crippen MR) is 115 cm³/mol. The molecule has 1 aromatic carbocycles. The van der Waals surface area contributed by atoms with Gasteiger partial charge in [-0.15, -0.1) is 10.2 Å². The van der Waals surface area contributed by atoms with Crippen LogP contribution in [-0.4, -0.2) is 42.4 Å². The van der Waals surface area contributed by atoms with Gasteiger partial charge in [-0.3, -0.25) is 4.40 Å². The molecule has 9 heteroatoms. The van der Waals surface area contributed by atoms with Gasteiger partial charge in [-0.1, -0.05) is 17.4 Å². The van der Waals surface area contributed by atoms with Gasteiger partial charge >= 0.3 is 0 Å². The molecule has 0 saturated heterocycles. The lowest BCUT2D eigenvalue weighted by molar-refractivity contribution is 0.288. The van der Waals surface area contributed by atoms with Crippen molar-refractivity contribution < 1.29 is 9.47 Å². The second-order valence-corrected chi connectivity index (χ2v) is 7.58. The largest absolute Gasteiger partial charge is 0.490 e. The summed E-state index contributed by atoms with van der Waals surface area (Å²) in [5.74, 6) is 2.11. The molecule has 0 atom stereocenters. The van der Waals surface area contributed by atoms with Gasteiger partial charge in [0.25, 0.3) is 0 Å². The highest BCUT2D eigenvalue weighted by atomic mass is 32.1. The quantitative estimate of drug-likeness (QED) is 0.408. The molecule has 0 radical (unpaired) electrons. The molecule has 4 aromatic heterocycles. The molecule has 8 nitrogen and oxygen atoms in total. The van der Waals surface area contributed by atoms with Crippen LogP contribution < -0.4 is 9.47 Å². The summed E-state index contributed by atoms with van der Waals surface area (Å²) in [7, 11) is 0. The van der Waals surface area contributed by atoms with Crippen LogP contribution in [0.5, 0.6) is 11.5 Å². The molecule has 0 spiro atoms. The van der Waals surface area contributed by atoms with Gasteiger partial charge in [0.05, 0.1) is 18.9 Å². The minimum Gasteiger partial charge on any atom is -0.490 e. The van der Waals surface area contributed by atoms with Crippen LogP contribution in [0.25, 0.3) is 32.7 Å². The molecule has 0 aliphatic rings. The van der Waals surface area contributed by atoms with E-state index in [4.69, 9.17) is 14.6 Å². The lowest BCUT2D eigenvalue weighted by Crippen LogP contribution is -1.99. The van der Waals surface area contributed by atoms with Gasteiger partial charge in [0.1, 0.15) is 16.3 Å². The summed E-state index contributed by atoms with van der Waals surface area (Å²) < 4.78 is 15.2. The van der Waals surface area contributed by atoms with Gasteiger partial charge < -0.3 is 9.47 Å². The maximum atomic E-state index is 5.76. The zero-order valence-electron chi connectivity index (χ0n) is 16.9. The van der Waals surface area contributed by atoms with Crippen LogP contribution in [0.2, 0.25) is 0 Å². The molecule has 5 aromatic rings. The van der Waals surface area contributed by atoms with Crippen LogP contribution in [0.15, 0.2) is 42.6 Å². The second kappa shape index (κ2) is 7.42. The first-order chi connectivity index (χ1) is 14.7. The molecule has 0 unspecified atom stereocenters. The first kappa shape index (κ1) is 18.6. The summed E-state index contributed by atoms with van der Waals surface area (Å²) in [6, 6.07) is 11.8. The van der Waals surface area contributed by atoms with E-state index in [-0.39, 0.29) is 0 Å². The molecule has 4 heterocycles. The molecule has 0 N–H and O–H groups in total. The van der Waals surface area contributed by atoms with Crippen LogP contribution in [-0.2, 0) is 0 Å². The molecule has 0 aliphatic heterocycles. The van der Waals surface area contributed by atoms with Crippen molar-refractivity contribution >= 4 is 21.9 Å². The van der Waals surface area contributed by atoms with E-state index < -0.39 is 0 Å². The SMILES string of the molecule is CCOc1ccc(-c2nn3c(-c4c(C)nc5ccccn45)nnc3s2)cc1OCC. The summed E-state index contributed by atoms with van der Waals surface area (Å²) in [5, 5.41) is 14.4. The van der Waals surface area contributed by atoms with E-state index in [9.17, 15) is 0 Å². The summed E-state index contributed by atoms with van der Waals surface area (Å²) in [4.78, 5) is 5.35. The number of aromatic nitrogens is 6. The number of benzene rings is 1. The van der Waals surface area contributed by atoms with Crippen molar-refractivity contribution in [3.8, 4) is 33.6 Å². The number of hydrogen-bond acceptors (Lipinski definition) is 7. The van der Waals surface area contributed by atoms with Crippen LogP contribution in [0.3, 0.4) is 0 Å². The van der Waals surface area contributed by atoms with E-state index in [0.29, 0.717) is 24.8 Å². The van der Waals surface area contributed by atoms with E-state index in [1.54, 1.807) is 4.52 Å². The Bertz CT molecular complexity index is 1350. The number of imidazole rings is 1. The van der Waals surface area contributed by atoms with Crippen LogP contribution in [0.4, 0.5) is 0 Å². The highest BCUT2D eigenvalue weighted by molar-refractivity contribution is 7.19. The number of rotatable bonds is 6. The standard InChI is InChI=1S/C21H20N6O2S/c1-4-28-15-10-9-14(12-16(15)29-5-2)20-25-27-19(23-24-21(27)30-20)18-13(3)22-17-8-6-7-11-26(17)18/h6-12H,4-5H2,1-3H3. The third kappa shape index (κ3) is 2.98. The molecule has 0 fully saturated rings. The Morgan fingerprint density at radius 1 is 1.00 bits per heavy atom. The lowest BCUT2D eigenvalue weighted by Gasteiger charge is -2.11. The van der Waals surface area contributed by atoms with E-state index in [2.05, 4.69) is 15.2 Å². The molecule has 152 valence electrons. The molecule has 0 saturated carbocycles. The Hall–Kier alpha value is -3.46. The number of nitrogens with zero attached hydrogens (tertiary/aromatic N) is 6. The average molecular weight is 420 g/mol. The van der Waals surface area contributed by atoms with E-state index in [0.717, 1.165) is 38.3 Å². The number of aryl methyl sites for hydroxylation is 1. The van der Waals surface area contributed by atoms with Crippen LogP contribution in [0.1, 0.15) is 19.5 Å². The monoisotopic (exact) mass is 420 g/mol. The summed E-state index contributed by atoms with van der Waals surface area (Å²) in [5.41, 5.74) is 3.57. The Kier molecular flexibility index (Phi) is 4.59. The summed E-state index contributed by atoms with van der Waals surface area (Å²) in [6.45, 7) is 7.02. The Morgan fingerprint density at radius 3 is 2.67 bits per heavy atom. The van der Waals surface area contributed by atoms with Crippen LogP contribution in [0, 0.1) is 6.92 Å². The average Bonchev–Trinajstić information content (AvgIpc) is 3.41. The zero-order valence-corrected chi connectivity index (χ0v) is 17.7. The molecule has 0 bridgehead atoms. The predicted octanol–water partition coefficient (Wildman–Crippen LogP) is 4.27. The third-order valence-electron chi connectivity index (χ3n) is 4.70. The van der Waals surface area contributed by atoms with Gasteiger partial charge in [-0.25, -0.2) is 4.98 Å². The molecular weight excluding hydrogens is 400 g/mol.